The first-order valence-corrected chi connectivity index (χ1v) is 18.0. The van der Waals surface area contributed by atoms with Gasteiger partial charge in [0, 0.05) is 0 Å². The summed E-state index contributed by atoms with van der Waals surface area (Å²) in [5.41, 5.74) is 12.3. The zero-order valence-electron chi connectivity index (χ0n) is 28.6. The first-order chi connectivity index (χ1) is 25.8. The summed E-state index contributed by atoms with van der Waals surface area (Å²) in [5.74, 6) is 0. The molecule has 0 radical (unpaired) electrons. The van der Waals surface area contributed by atoms with Crippen molar-refractivity contribution in [1.82, 2.24) is 0 Å². The molecule has 10 aromatic carbocycles. The number of rotatable bonds is 5. The van der Waals surface area contributed by atoms with Gasteiger partial charge in [0.2, 0.25) is 0 Å². The maximum atomic E-state index is 2.37. The lowest BCUT2D eigenvalue weighted by Crippen LogP contribution is -1.91. The molecule has 0 unspecified atom stereocenters. The fourth-order valence-corrected chi connectivity index (χ4v) is 8.05. The summed E-state index contributed by atoms with van der Waals surface area (Å²) in [6.45, 7) is 0. The number of benzene rings is 10. The van der Waals surface area contributed by atoms with Crippen LogP contribution in [0.2, 0.25) is 0 Å². The Bertz CT molecular complexity index is 2890. The molecule has 0 saturated carbocycles. The molecule has 0 spiro atoms. The van der Waals surface area contributed by atoms with Gasteiger partial charge in [-0.2, -0.15) is 0 Å². The Kier molecular flexibility index (Phi) is 7.25. The lowest BCUT2D eigenvalue weighted by molar-refractivity contribution is 1.59. The van der Waals surface area contributed by atoms with E-state index in [9.17, 15) is 0 Å². The molecule has 0 amide bonds. The van der Waals surface area contributed by atoms with Crippen molar-refractivity contribution in [2.45, 2.75) is 0 Å². The second-order valence-electron chi connectivity index (χ2n) is 13.7. The summed E-state index contributed by atoms with van der Waals surface area (Å²) in [6.07, 6.45) is 0. The predicted molar refractivity (Wildman–Crippen MR) is 224 cm³/mol. The molecule has 52 heavy (non-hydrogen) atoms. The third-order valence-corrected chi connectivity index (χ3v) is 10.6. The molecule has 0 aliphatic heterocycles. The van der Waals surface area contributed by atoms with Gasteiger partial charge in [0.05, 0.1) is 0 Å². The fraction of sp³-hybridized carbons (Fsp3) is 0. The molecule has 0 N–H and O–H groups in total. The minimum atomic E-state index is 1.21. The molecule has 0 heterocycles. The van der Waals surface area contributed by atoms with Gasteiger partial charge < -0.3 is 0 Å². The van der Waals surface area contributed by atoms with Gasteiger partial charge in [-0.1, -0.05) is 182 Å². The molecule has 0 heteroatoms. The molecular formula is C52H34. The Morgan fingerprint density at radius 3 is 1.00 bits per heavy atom. The molecule has 0 atom stereocenters. The predicted octanol–water partition coefficient (Wildman–Crippen LogP) is 14.6. The minimum absolute atomic E-state index is 1.21. The van der Waals surface area contributed by atoms with E-state index < -0.39 is 0 Å². The molecule has 0 aliphatic rings. The highest BCUT2D eigenvalue weighted by atomic mass is 14.2. The van der Waals surface area contributed by atoms with Crippen LogP contribution < -0.4 is 0 Å². The summed E-state index contributed by atoms with van der Waals surface area (Å²) >= 11 is 0. The Morgan fingerprint density at radius 1 is 0.173 bits per heavy atom. The summed E-state index contributed by atoms with van der Waals surface area (Å²) in [5, 5.41) is 10.1. The van der Waals surface area contributed by atoms with E-state index in [4.69, 9.17) is 0 Å². The lowest BCUT2D eigenvalue weighted by atomic mass is 9.85. The summed E-state index contributed by atoms with van der Waals surface area (Å²) in [4.78, 5) is 0. The van der Waals surface area contributed by atoms with Crippen molar-refractivity contribution >= 4 is 43.1 Å². The number of hydrogen-bond donors (Lipinski definition) is 0. The molecular weight excluding hydrogens is 625 g/mol. The molecule has 0 nitrogen and oxygen atoms in total. The molecule has 0 saturated heterocycles. The largest absolute Gasteiger partial charge is 0.0616 e. The fourth-order valence-electron chi connectivity index (χ4n) is 8.05. The van der Waals surface area contributed by atoms with E-state index in [1.165, 1.54) is 98.7 Å². The highest BCUT2D eigenvalue weighted by Crippen LogP contribution is 2.44. The average molecular weight is 659 g/mol. The first kappa shape index (κ1) is 30.1. The van der Waals surface area contributed by atoms with Gasteiger partial charge in [0.15, 0.2) is 0 Å². The highest BCUT2D eigenvalue weighted by Gasteiger charge is 2.17. The van der Waals surface area contributed by atoms with E-state index in [0.29, 0.717) is 0 Å². The molecule has 0 fully saturated rings. The molecule has 10 rings (SSSR count). The highest BCUT2D eigenvalue weighted by molar-refractivity contribution is 6.21. The minimum Gasteiger partial charge on any atom is -0.0616 e. The van der Waals surface area contributed by atoms with Crippen LogP contribution in [0, 0.1) is 0 Å². The second kappa shape index (κ2) is 12.5. The number of hydrogen-bond acceptors (Lipinski definition) is 0. The summed E-state index contributed by atoms with van der Waals surface area (Å²) in [7, 11) is 0. The zero-order valence-corrected chi connectivity index (χ0v) is 28.6. The topological polar surface area (TPSA) is 0 Å². The van der Waals surface area contributed by atoms with Crippen LogP contribution in [0.15, 0.2) is 206 Å². The van der Waals surface area contributed by atoms with Crippen molar-refractivity contribution in [3.63, 3.8) is 0 Å². The van der Waals surface area contributed by atoms with E-state index in [2.05, 4.69) is 206 Å². The third kappa shape index (κ3) is 5.25. The monoisotopic (exact) mass is 658 g/mol. The standard InChI is InChI=1S/C52H34/c1-3-13-39-31-44(29-25-35(39)11-1)37-23-27-38(28-24-37)51-47-19-5-7-21-49(47)52(50-22-8-6-20-48(50)51)46-18-10-17-43(34-46)41-15-9-16-42(33-41)45-30-26-36-12-2-4-14-40(36)32-45/h1-34H. The molecule has 0 aliphatic carbocycles. The van der Waals surface area contributed by atoms with Crippen LogP contribution in [-0.4, -0.2) is 0 Å². The van der Waals surface area contributed by atoms with E-state index in [1.54, 1.807) is 0 Å². The van der Waals surface area contributed by atoms with Gasteiger partial charge >= 0.3 is 0 Å². The first-order valence-electron chi connectivity index (χ1n) is 18.0. The van der Waals surface area contributed by atoms with Crippen LogP contribution in [0.4, 0.5) is 0 Å². The summed E-state index contributed by atoms with van der Waals surface area (Å²) < 4.78 is 0. The molecule has 242 valence electrons. The lowest BCUT2D eigenvalue weighted by Gasteiger charge is -2.18. The van der Waals surface area contributed by atoms with Crippen LogP contribution in [-0.2, 0) is 0 Å². The molecule has 0 aromatic heterocycles. The van der Waals surface area contributed by atoms with Crippen molar-refractivity contribution in [3.05, 3.63) is 206 Å². The van der Waals surface area contributed by atoms with Crippen molar-refractivity contribution in [1.29, 1.82) is 0 Å². The van der Waals surface area contributed by atoms with Crippen LogP contribution in [0.1, 0.15) is 0 Å². The molecule has 10 aromatic rings. The van der Waals surface area contributed by atoms with E-state index >= 15 is 0 Å². The van der Waals surface area contributed by atoms with Gasteiger partial charge in [0.1, 0.15) is 0 Å². The second-order valence-corrected chi connectivity index (χ2v) is 13.7. The van der Waals surface area contributed by atoms with Crippen LogP contribution in [0.25, 0.3) is 98.7 Å². The van der Waals surface area contributed by atoms with Gasteiger partial charge in [-0.15, -0.1) is 0 Å². The van der Waals surface area contributed by atoms with Crippen molar-refractivity contribution in [3.8, 4) is 55.6 Å². The number of fused-ring (bicyclic) bond motifs is 4. The van der Waals surface area contributed by atoms with Crippen LogP contribution >= 0.6 is 0 Å². The van der Waals surface area contributed by atoms with E-state index in [-0.39, 0.29) is 0 Å². The Hall–Kier alpha value is -6.76. The van der Waals surface area contributed by atoms with Gasteiger partial charge in [-0.3, -0.25) is 0 Å². The Balaban J connectivity index is 1.08. The van der Waals surface area contributed by atoms with Gasteiger partial charge in [-0.25, -0.2) is 0 Å². The van der Waals surface area contributed by atoms with Crippen molar-refractivity contribution < 1.29 is 0 Å². The maximum Gasteiger partial charge on any atom is -0.00262 e. The van der Waals surface area contributed by atoms with E-state index in [0.717, 1.165) is 0 Å². The maximum absolute atomic E-state index is 2.37. The van der Waals surface area contributed by atoms with Crippen molar-refractivity contribution in [2.24, 2.45) is 0 Å². The average Bonchev–Trinajstić information content (AvgIpc) is 3.22. The smallest absolute Gasteiger partial charge is 0.00262 e. The Labute approximate surface area is 303 Å². The normalized spacial score (nSPS) is 11.5. The van der Waals surface area contributed by atoms with Crippen LogP contribution in [0.3, 0.4) is 0 Å². The molecule has 0 bridgehead atoms. The van der Waals surface area contributed by atoms with Gasteiger partial charge in [-0.05, 0) is 123 Å². The Morgan fingerprint density at radius 2 is 0.500 bits per heavy atom. The quantitative estimate of drug-likeness (QED) is 0.161. The van der Waals surface area contributed by atoms with Crippen molar-refractivity contribution in [2.75, 3.05) is 0 Å². The van der Waals surface area contributed by atoms with E-state index in [1.807, 2.05) is 0 Å². The summed E-state index contributed by atoms with van der Waals surface area (Å²) in [6, 6.07) is 75.6. The third-order valence-electron chi connectivity index (χ3n) is 10.6. The van der Waals surface area contributed by atoms with Crippen LogP contribution in [0.5, 0.6) is 0 Å². The SMILES string of the molecule is c1cc(-c2cccc(-c3c4ccccc4c(-c4ccc(-c5ccc6ccccc6c5)cc4)c4ccccc34)c2)cc(-c2ccc3ccccc3c2)c1. The van der Waals surface area contributed by atoms with Gasteiger partial charge in [0.25, 0.3) is 0 Å². The zero-order chi connectivity index (χ0) is 34.4.